The minimum atomic E-state index is -1.61. The number of imide groups is 1. The zero-order valence-corrected chi connectivity index (χ0v) is 18.8. The molecule has 160 valence electrons. The van der Waals surface area contributed by atoms with Gasteiger partial charge in [0.2, 0.25) is 0 Å². The van der Waals surface area contributed by atoms with Crippen LogP contribution in [0.4, 0.5) is 4.79 Å². The van der Waals surface area contributed by atoms with Crippen LogP contribution in [0, 0.1) is 12.3 Å². The van der Waals surface area contributed by atoms with Crippen molar-refractivity contribution in [3.8, 4) is 18.1 Å². The van der Waals surface area contributed by atoms with E-state index >= 15 is 0 Å². The van der Waals surface area contributed by atoms with Crippen molar-refractivity contribution in [3.63, 3.8) is 0 Å². The minimum absolute atomic E-state index is 0.116. The Labute approximate surface area is 177 Å². The summed E-state index contributed by atoms with van der Waals surface area (Å²) in [5, 5.41) is 2.58. The predicted octanol–water partition coefficient (Wildman–Crippen LogP) is 1.89. The van der Waals surface area contributed by atoms with Crippen LogP contribution in [0.1, 0.15) is 15.9 Å². The van der Waals surface area contributed by atoms with Crippen LogP contribution in [-0.4, -0.2) is 68.3 Å². The number of methoxy groups -OCH3 is 1. The maximum absolute atomic E-state index is 13.0. The van der Waals surface area contributed by atoms with Crippen LogP contribution in [0.3, 0.4) is 0 Å². The summed E-state index contributed by atoms with van der Waals surface area (Å²) in [7, 11) is 0.239. The maximum Gasteiger partial charge on any atom is 0.327 e. The maximum atomic E-state index is 13.0. The number of terminal acetylenes is 1. The van der Waals surface area contributed by atoms with Crippen LogP contribution >= 0.6 is 0 Å². The van der Waals surface area contributed by atoms with E-state index in [0.29, 0.717) is 24.5 Å². The molecule has 4 amide bonds. The van der Waals surface area contributed by atoms with E-state index < -0.39 is 25.6 Å². The molecular formula is C21H27N3O5Si. The Bertz CT molecular complexity index is 920. The fourth-order valence-corrected chi connectivity index (χ4v) is 4.17. The predicted molar refractivity (Wildman–Crippen MR) is 114 cm³/mol. The molecule has 1 saturated heterocycles. The quantitative estimate of drug-likeness (QED) is 0.295. The molecule has 0 aromatic heterocycles. The van der Waals surface area contributed by atoms with E-state index in [1.54, 1.807) is 12.1 Å². The smallest absolute Gasteiger partial charge is 0.327 e. The normalized spacial score (nSPS) is 21.0. The van der Waals surface area contributed by atoms with Crippen molar-refractivity contribution in [2.24, 2.45) is 0 Å². The first-order valence-electron chi connectivity index (χ1n) is 9.76. The van der Waals surface area contributed by atoms with Gasteiger partial charge in [0.1, 0.15) is 12.5 Å². The van der Waals surface area contributed by atoms with Crippen molar-refractivity contribution >= 4 is 25.9 Å². The minimum Gasteiger partial charge on any atom is -0.497 e. The third kappa shape index (κ3) is 4.20. The first kappa shape index (κ1) is 21.9. The molecule has 0 radical (unpaired) electrons. The van der Waals surface area contributed by atoms with Crippen molar-refractivity contribution in [3.05, 3.63) is 29.3 Å². The molecular weight excluding hydrogens is 402 g/mol. The molecule has 30 heavy (non-hydrogen) atoms. The monoisotopic (exact) mass is 429 g/mol. The van der Waals surface area contributed by atoms with E-state index in [4.69, 9.17) is 15.9 Å². The molecule has 2 aliphatic heterocycles. The molecule has 1 aromatic rings. The SMILES string of the molecule is C#C[C@]1(CN2Cc3ccc(OC)cc3C2=O)NC(=O)N(COCC[Si](C)(C)C)C1=O. The number of nitrogens with one attached hydrogen (secondary N) is 1. The van der Waals surface area contributed by atoms with Crippen molar-refractivity contribution < 1.29 is 23.9 Å². The van der Waals surface area contributed by atoms with Crippen LogP contribution in [0.15, 0.2) is 18.2 Å². The van der Waals surface area contributed by atoms with Crippen LogP contribution < -0.4 is 10.1 Å². The van der Waals surface area contributed by atoms with Gasteiger partial charge in [0.25, 0.3) is 11.8 Å². The highest BCUT2D eigenvalue weighted by molar-refractivity contribution is 6.76. The molecule has 0 bridgehead atoms. The Hall–Kier alpha value is -2.83. The van der Waals surface area contributed by atoms with E-state index in [2.05, 4.69) is 30.9 Å². The number of hydrogen-bond acceptors (Lipinski definition) is 5. The number of amides is 4. The standard InChI is InChI=1S/C21H27N3O5Si/c1-6-21(13-23-12-15-7-8-16(28-2)11-17(15)18(23)25)19(26)24(20(27)22-21)14-29-9-10-30(3,4)5/h1,7-8,11H,9-10,12-14H2,2-5H3,(H,22,27)/t21-/m1/s1. The summed E-state index contributed by atoms with van der Waals surface area (Å²) in [6.45, 7) is 7.14. The fourth-order valence-electron chi connectivity index (χ4n) is 3.41. The van der Waals surface area contributed by atoms with Gasteiger partial charge < -0.3 is 19.7 Å². The first-order valence-corrected chi connectivity index (χ1v) is 13.5. The summed E-state index contributed by atoms with van der Waals surface area (Å²) < 4.78 is 10.7. The molecule has 2 aliphatic rings. The highest BCUT2D eigenvalue weighted by atomic mass is 28.3. The average Bonchev–Trinajstić information content (AvgIpc) is 3.12. The van der Waals surface area contributed by atoms with Gasteiger partial charge in [-0.25, -0.2) is 9.69 Å². The van der Waals surface area contributed by atoms with Gasteiger partial charge in [-0.3, -0.25) is 9.59 Å². The lowest BCUT2D eigenvalue weighted by Crippen LogP contribution is -2.54. The van der Waals surface area contributed by atoms with Gasteiger partial charge in [-0.05, 0) is 23.7 Å². The Morgan fingerprint density at radius 2 is 2.00 bits per heavy atom. The molecule has 0 aliphatic carbocycles. The third-order valence-corrected chi connectivity index (χ3v) is 6.97. The van der Waals surface area contributed by atoms with Gasteiger partial charge in [0.15, 0.2) is 5.54 Å². The molecule has 0 spiro atoms. The van der Waals surface area contributed by atoms with Gasteiger partial charge >= 0.3 is 6.03 Å². The largest absolute Gasteiger partial charge is 0.497 e. The lowest BCUT2D eigenvalue weighted by Gasteiger charge is -2.26. The molecule has 1 fully saturated rings. The van der Waals surface area contributed by atoms with Crippen LogP contribution in [0.5, 0.6) is 5.75 Å². The highest BCUT2D eigenvalue weighted by Gasteiger charge is 2.52. The summed E-state index contributed by atoms with van der Waals surface area (Å²) >= 11 is 0. The molecule has 3 rings (SSSR count). The zero-order chi connectivity index (χ0) is 22.1. The first-order chi connectivity index (χ1) is 14.1. The van der Waals surface area contributed by atoms with E-state index in [-0.39, 0.29) is 19.2 Å². The Kier molecular flexibility index (Phi) is 5.92. The second kappa shape index (κ2) is 8.12. The molecule has 9 heteroatoms. The van der Waals surface area contributed by atoms with Gasteiger partial charge in [-0.15, -0.1) is 6.42 Å². The Balaban J connectivity index is 1.69. The van der Waals surface area contributed by atoms with Crippen LogP contribution in [0.25, 0.3) is 0 Å². The fraction of sp³-hybridized carbons (Fsp3) is 0.476. The molecule has 0 unspecified atom stereocenters. The third-order valence-electron chi connectivity index (χ3n) is 5.26. The van der Waals surface area contributed by atoms with Crippen molar-refractivity contribution in [1.82, 2.24) is 15.1 Å². The molecule has 2 heterocycles. The van der Waals surface area contributed by atoms with E-state index in [1.807, 2.05) is 6.07 Å². The number of fused-ring (bicyclic) bond motifs is 1. The molecule has 8 nitrogen and oxygen atoms in total. The Morgan fingerprint density at radius 1 is 1.27 bits per heavy atom. The topological polar surface area (TPSA) is 88.2 Å². The molecule has 1 aromatic carbocycles. The summed E-state index contributed by atoms with van der Waals surface area (Å²) in [6.07, 6.45) is 5.66. The number of carbonyl (C=O) groups is 3. The zero-order valence-electron chi connectivity index (χ0n) is 17.8. The highest BCUT2D eigenvalue weighted by Crippen LogP contribution is 2.29. The van der Waals surface area contributed by atoms with Gasteiger partial charge in [0.05, 0.1) is 13.7 Å². The molecule has 1 N–H and O–H groups in total. The summed E-state index contributed by atoms with van der Waals surface area (Å²) in [5.74, 6) is 2.14. The van der Waals surface area contributed by atoms with Crippen molar-refractivity contribution in [2.75, 3.05) is 27.0 Å². The number of rotatable bonds is 8. The Morgan fingerprint density at radius 3 is 2.63 bits per heavy atom. The van der Waals surface area contributed by atoms with Gasteiger partial charge in [0, 0.05) is 26.8 Å². The van der Waals surface area contributed by atoms with Crippen LogP contribution in [0.2, 0.25) is 25.7 Å². The lowest BCUT2D eigenvalue weighted by atomic mass is 10.00. The number of nitrogens with zero attached hydrogens (tertiary/aromatic N) is 2. The summed E-state index contributed by atoms with van der Waals surface area (Å²) in [4.78, 5) is 40.7. The number of hydrogen-bond donors (Lipinski definition) is 1. The number of urea groups is 1. The van der Waals surface area contributed by atoms with E-state index in [0.717, 1.165) is 16.5 Å². The van der Waals surface area contributed by atoms with Crippen molar-refractivity contribution in [2.45, 2.75) is 37.8 Å². The van der Waals surface area contributed by atoms with E-state index in [1.165, 1.54) is 12.0 Å². The van der Waals surface area contributed by atoms with E-state index in [9.17, 15) is 14.4 Å². The lowest BCUT2D eigenvalue weighted by molar-refractivity contribution is -0.133. The number of benzene rings is 1. The number of carbonyl (C=O) groups excluding carboxylic acids is 3. The second-order valence-electron chi connectivity index (χ2n) is 8.75. The molecule has 1 atom stereocenters. The number of ether oxygens (including phenoxy) is 2. The summed E-state index contributed by atoms with van der Waals surface area (Å²) in [5.41, 5.74) is -0.290. The summed E-state index contributed by atoms with van der Waals surface area (Å²) in [6, 6.07) is 5.54. The van der Waals surface area contributed by atoms with Gasteiger partial charge in [-0.2, -0.15) is 0 Å². The van der Waals surface area contributed by atoms with Gasteiger partial charge in [-0.1, -0.05) is 31.6 Å². The molecule has 0 saturated carbocycles. The second-order valence-corrected chi connectivity index (χ2v) is 14.4. The van der Waals surface area contributed by atoms with Crippen molar-refractivity contribution in [1.29, 1.82) is 0 Å². The van der Waals surface area contributed by atoms with Crippen LogP contribution in [-0.2, 0) is 16.1 Å². The average molecular weight is 430 g/mol.